The molecule has 0 fully saturated rings. The highest BCUT2D eigenvalue weighted by molar-refractivity contribution is 5.87. The van der Waals surface area contributed by atoms with Crippen LogP contribution in [0.2, 0.25) is 0 Å². The molecule has 0 atom stereocenters. The molecular weight excluding hydrogens is 478 g/mol. The first-order valence-corrected chi connectivity index (χ1v) is 11.5. The number of methoxy groups -OCH3 is 3. The first-order valence-electron chi connectivity index (χ1n) is 11.5. The summed E-state index contributed by atoms with van der Waals surface area (Å²) in [5.74, 6) is 3.29. The molecule has 4 rings (SSSR count). The number of anilines is 1. The van der Waals surface area contributed by atoms with Gasteiger partial charge in [0.05, 0.1) is 45.4 Å². The van der Waals surface area contributed by atoms with Crippen LogP contribution in [0.1, 0.15) is 6.42 Å². The molecule has 0 saturated heterocycles. The van der Waals surface area contributed by atoms with E-state index in [-0.39, 0.29) is 6.61 Å². The van der Waals surface area contributed by atoms with Crippen molar-refractivity contribution >= 4 is 22.7 Å². The second kappa shape index (κ2) is 12.3. The summed E-state index contributed by atoms with van der Waals surface area (Å²) in [4.78, 5) is 20.6. The van der Waals surface area contributed by atoms with Crippen molar-refractivity contribution in [3.63, 3.8) is 0 Å². The van der Waals surface area contributed by atoms with Gasteiger partial charge in [-0.15, -0.1) is 0 Å². The third-order valence-electron chi connectivity index (χ3n) is 5.27. The maximum absolute atomic E-state index is 12.1. The van der Waals surface area contributed by atoms with Gasteiger partial charge in [0.1, 0.15) is 12.1 Å². The Labute approximate surface area is 214 Å². The molecular formula is C27H27N3O7. The fourth-order valence-electron chi connectivity index (χ4n) is 3.46. The van der Waals surface area contributed by atoms with Crippen LogP contribution in [-0.4, -0.2) is 50.6 Å². The summed E-state index contributed by atoms with van der Waals surface area (Å²) in [6.45, 7) is 0.591. The molecule has 1 amide bonds. The number of ether oxygens (including phenoxy) is 6. The van der Waals surface area contributed by atoms with E-state index < -0.39 is 6.09 Å². The summed E-state index contributed by atoms with van der Waals surface area (Å²) in [5.41, 5.74) is 1.21. The molecule has 4 aromatic rings. The zero-order valence-corrected chi connectivity index (χ0v) is 20.7. The molecule has 0 bridgehead atoms. The number of amides is 1. The van der Waals surface area contributed by atoms with Gasteiger partial charge in [0.15, 0.2) is 23.0 Å². The largest absolute Gasteiger partial charge is 0.493 e. The predicted octanol–water partition coefficient (Wildman–Crippen LogP) is 5.47. The Morgan fingerprint density at radius 3 is 2.24 bits per heavy atom. The third kappa shape index (κ3) is 6.49. The van der Waals surface area contributed by atoms with Crippen LogP contribution in [0.5, 0.6) is 34.6 Å². The van der Waals surface area contributed by atoms with Crippen LogP contribution in [0.25, 0.3) is 10.9 Å². The smallest absolute Gasteiger partial charge is 0.411 e. The van der Waals surface area contributed by atoms with Crippen molar-refractivity contribution in [2.24, 2.45) is 0 Å². The van der Waals surface area contributed by atoms with Crippen LogP contribution in [0.4, 0.5) is 10.5 Å². The molecule has 1 aromatic heterocycles. The standard InChI is InChI=1S/C27H27N3O7/c1-32-22-7-4-5-8-23(22)35-13-6-14-36-27(31)30-18-9-11-19(12-10-18)37-26-20-15-24(33-2)25(34-3)16-21(20)28-17-29-26/h4-5,7-12,15-17H,6,13-14H2,1-3H3,(H,30,31). The Morgan fingerprint density at radius 2 is 1.51 bits per heavy atom. The van der Waals surface area contributed by atoms with Crippen molar-refractivity contribution in [2.75, 3.05) is 39.9 Å². The monoisotopic (exact) mass is 505 g/mol. The van der Waals surface area contributed by atoms with E-state index in [1.807, 2.05) is 24.3 Å². The number of rotatable bonds is 11. The minimum Gasteiger partial charge on any atom is -0.493 e. The van der Waals surface area contributed by atoms with Crippen LogP contribution in [-0.2, 0) is 4.74 Å². The van der Waals surface area contributed by atoms with E-state index >= 15 is 0 Å². The van der Waals surface area contributed by atoms with E-state index in [4.69, 9.17) is 28.4 Å². The Balaban J connectivity index is 1.28. The van der Waals surface area contributed by atoms with Gasteiger partial charge in [0, 0.05) is 18.2 Å². The predicted molar refractivity (Wildman–Crippen MR) is 137 cm³/mol. The second-order valence-corrected chi connectivity index (χ2v) is 7.64. The number of carbonyl (C=O) groups excluding carboxylic acids is 1. The number of nitrogens with zero attached hydrogens (tertiary/aromatic N) is 2. The molecule has 0 radical (unpaired) electrons. The number of carbonyl (C=O) groups is 1. The fourth-order valence-corrected chi connectivity index (χ4v) is 3.46. The molecule has 0 aliphatic rings. The molecule has 1 N–H and O–H groups in total. The van der Waals surface area contributed by atoms with E-state index in [0.29, 0.717) is 64.2 Å². The molecule has 10 nitrogen and oxygen atoms in total. The first-order chi connectivity index (χ1) is 18.1. The average Bonchev–Trinajstić information content (AvgIpc) is 2.93. The number of benzene rings is 3. The third-order valence-corrected chi connectivity index (χ3v) is 5.27. The van der Waals surface area contributed by atoms with Crippen LogP contribution < -0.4 is 29.0 Å². The first kappa shape index (κ1) is 25.4. The van der Waals surface area contributed by atoms with Gasteiger partial charge in [0.2, 0.25) is 5.88 Å². The average molecular weight is 506 g/mol. The highest BCUT2D eigenvalue weighted by Crippen LogP contribution is 2.35. The van der Waals surface area contributed by atoms with E-state index in [1.54, 1.807) is 57.7 Å². The maximum atomic E-state index is 12.1. The fraction of sp³-hybridized carbons (Fsp3) is 0.222. The van der Waals surface area contributed by atoms with E-state index in [0.717, 1.165) is 0 Å². The summed E-state index contributed by atoms with van der Waals surface area (Å²) >= 11 is 0. The molecule has 0 aliphatic carbocycles. The number of aromatic nitrogens is 2. The van der Waals surface area contributed by atoms with Gasteiger partial charge in [-0.05, 0) is 42.5 Å². The molecule has 0 saturated carbocycles. The number of hydrogen-bond donors (Lipinski definition) is 1. The lowest BCUT2D eigenvalue weighted by Crippen LogP contribution is -2.15. The number of fused-ring (bicyclic) bond motifs is 1. The van der Waals surface area contributed by atoms with Crippen LogP contribution >= 0.6 is 0 Å². The maximum Gasteiger partial charge on any atom is 0.411 e. The Kier molecular flexibility index (Phi) is 8.43. The molecule has 3 aromatic carbocycles. The summed E-state index contributed by atoms with van der Waals surface area (Å²) in [6, 6.07) is 17.7. The van der Waals surface area contributed by atoms with E-state index in [9.17, 15) is 4.79 Å². The van der Waals surface area contributed by atoms with Crippen LogP contribution in [0.3, 0.4) is 0 Å². The Morgan fingerprint density at radius 1 is 0.811 bits per heavy atom. The summed E-state index contributed by atoms with van der Waals surface area (Å²) in [7, 11) is 4.70. The SMILES string of the molecule is COc1cc2ncnc(Oc3ccc(NC(=O)OCCCOc4ccccc4OC)cc3)c2cc1OC. The van der Waals surface area contributed by atoms with Gasteiger partial charge < -0.3 is 28.4 Å². The molecule has 1 heterocycles. The van der Waals surface area contributed by atoms with Gasteiger partial charge in [0.25, 0.3) is 0 Å². The van der Waals surface area contributed by atoms with Gasteiger partial charge in [-0.3, -0.25) is 5.32 Å². The second-order valence-electron chi connectivity index (χ2n) is 7.64. The van der Waals surface area contributed by atoms with Crippen molar-refractivity contribution in [1.29, 1.82) is 0 Å². The number of nitrogens with one attached hydrogen (secondary N) is 1. The van der Waals surface area contributed by atoms with Crippen molar-refractivity contribution < 1.29 is 33.2 Å². The summed E-state index contributed by atoms with van der Waals surface area (Å²) < 4.78 is 32.8. The van der Waals surface area contributed by atoms with Crippen molar-refractivity contribution in [3.05, 3.63) is 67.0 Å². The molecule has 10 heteroatoms. The Hall–Kier alpha value is -4.73. The van der Waals surface area contributed by atoms with Crippen molar-refractivity contribution in [1.82, 2.24) is 9.97 Å². The van der Waals surface area contributed by atoms with Gasteiger partial charge in [-0.25, -0.2) is 14.8 Å². The van der Waals surface area contributed by atoms with Crippen molar-refractivity contribution in [2.45, 2.75) is 6.42 Å². The quantitative estimate of drug-likeness (QED) is 0.265. The molecule has 37 heavy (non-hydrogen) atoms. The van der Waals surface area contributed by atoms with Crippen LogP contribution in [0.15, 0.2) is 67.0 Å². The van der Waals surface area contributed by atoms with Gasteiger partial charge in [-0.1, -0.05) is 12.1 Å². The highest BCUT2D eigenvalue weighted by Gasteiger charge is 2.13. The lowest BCUT2D eigenvalue weighted by atomic mass is 10.2. The van der Waals surface area contributed by atoms with Gasteiger partial charge in [-0.2, -0.15) is 0 Å². The zero-order chi connectivity index (χ0) is 26.0. The lowest BCUT2D eigenvalue weighted by molar-refractivity contribution is 0.151. The molecule has 0 spiro atoms. The zero-order valence-electron chi connectivity index (χ0n) is 20.7. The van der Waals surface area contributed by atoms with Gasteiger partial charge >= 0.3 is 6.09 Å². The Bertz CT molecular complexity index is 1350. The van der Waals surface area contributed by atoms with Crippen molar-refractivity contribution in [3.8, 4) is 34.6 Å². The minimum atomic E-state index is -0.561. The molecule has 0 aliphatic heterocycles. The summed E-state index contributed by atoms with van der Waals surface area (Å²) in [6.07, 6.45) is 1.38. The lowest BCUT2D eigenvalue weighted by Gasteiger charge is -2.12. The minimum absolute atomic E-state index is 0.206. The highest BCUT2D eigenvalue weighted by atomic mass is 16.6. The summed E-state index contributed by atoms with van der Waals surface area (Å²) in [5, 5.41) is 3.35. The number of para-hydroxylation sites is 2. The van der Waals surface area contributed by atoms with E-state index in [2.05, 4.69) is 15.3 Å². The topological polar surface area (TPSA) is 110 Å². The van der Waals surface area contributed by atoms with Crippen LogP contribution in [0, 0.1) is 0 Å². The normalized spacial score (nSPS) is 10.5. The molecule has 0 unspecified atom stereocenters. The number of hydrogen-bond acceptors (Lipinski definition) is 9. The van der Waals surface area contributed by atoms with E-state index in [1.165, 1.54) is 6.33 Å². The molecule has 192 valence electrons.